The number of aromatic nitrogens is 1. The molecule has 1 atom stereocenters. The SMILES string of the molecule is N#CC(C(=O)c1ccncc1)c1cccc(F)c1. The fourth-order valence-corrected chi connectivity index (χ4v) is 1.65. The van der Waals surface area contributed by atoms with Crippen LogP contribution in [0.2, 0.25) is 0 Å². The molecule has 1 aromatic carbocycles. The molecule has 0 radical (unpaired) electrons. The molecule has 0 saturated heterocycles. The summed E-state index contributed by atoms with van der Waals surface area (Å²) in [4.78, 5) is 15.9. The molecule has 0 aliphatic carbocycles. The van der Waals surface area contributed by atoms with E-state index in [1.807, 2.05) is 6.07 Å². The third-order valence-corrected chi connectivity index (χ3v) is 2.54. The first-order valence-corrected chi connectivity index (χ1v) is 5.31. The highest BCUT2D eigenvalue weighted by atomic mass is 19.1. The molecule has 2 aromatic rings. The van der Waals surface area contributed by atoms with Crippen molar-refractivity contribution in [3.05, 3.63) is 65.7 Å². The van der Waals surface area contributed by atoms with Crippen molar-refractivity contribution in [3.8, 4) is 6.07 Å². The van der Waals surface area contributed by atoms with Crippen LogP contribution in [0.3, 0.4) is 0 Å². The Morgan fingerprint density at radius 3 is 2.61 bits per heavy atom. The average molecular weight is 240 g/mol. The molecule has 2 rings (SSSR count). The van der Waals surface area contributed by atoms with Crippen LogP contribution in [0.1, 0.15) is 21.8 Å². The van der Waals surface area contributed by atoms with Crippen LogP contribution in [-0.2, 0) is 0 Å². The first kappa shape index (κ1) is 11.9. The van der Waals surface area contributed by atoms with E-state index in [1.165, 1.54) is 42.7 Å². The Bertz CT molecular complexity index is 605. The number of halogens is 1. The van der Waals surface area contributed by atoms with Gasteiger partial charge in [-0.25, -0.2) is 4.39 Å². The third kappa shape index (κ3) is 2.41. The van der Waals surface area contributed by atoms with E-state index in [-0.39, 0.29) is 5.78 Å². The lowest BCUT2D eigenvalue weighted by Crippen LogP contribution is -2.11. The lowest BCUT2D eigenvalue weighted by molar-refractivity contribution is 0.0978. The maximum Gasteiger partial charge on any atom is 0.184 e. The van der Waals surface area contributed by atoms with Crippen molar-refractivity contribution in [2.45, 2.75) is 5.92 Å². The van der Waals surface area contributed by atoms with Crippen LogP contribution in [-0.4, -0.2) is 10.8 Å². The number of hydrogen-bond donors (Lipinski definition) is 0. The number of ketones is 1. The van der Waals surface area contributed by atoms with Gasteiger partial charge in [0.05, 0.1) is 6.07 Å². The van der Waals surface area contributed by atoms with E-state index in [0.717, 1.165) is 0 Å². The zero-order valence-corrected chi connectivity index (χ0v) is 9.38. The second-order valence-corrected chi connectivity index (χ2v) is 3.72. The highest BCUT2D eigenvalue weighted by molar-refractivity contribution is 6.02. The van der Waals surface area contributed by atoms with Crippen LogP contribution < -0.4 is 0 Å². The summed E-state index contributed by atoms with van der Waals surface area (Å²) in [5, 5.41) is 9.09. The Morgan fingerprint density at radius 2 is 2.00 bits per heavy atom. The molecule has 0 aliphatic rings. The summed E-state index contributed by atoms with van der Waals surface area (Å²) in [6.07, 6.45) is 2.96. The minimum Gasteiger partial charge on any atom is -0.292 e. The molecule has 3 nitrogen and oxygen atoms in total. The molecular formula is C14H9FN2O. The van der Waals surface area contributed by atoms with Crippen molar-refractivity contribution in [1.82, 2.24) is 4.98 Å². The van der Waals surface area contributed by atoms with Crippen molar-refractivity contribution in [2.75, 3.05) is 0 Å². The number of benzene rings is 1. The summed E-state index contributed by atoms with van der Waals surface area (Å²) < 4.78 is 13.1. The van der Waals surface area contributed by atoms with Gasteiger partial charge in [0.15, 0.2) is 5.78 Å². The fourth-order valence-electron chi connectivity index (χ4n) is 1.65. The van der Waals surface area contributed by atoms with Crippen molar-refractivity contribution < 1.29 is 9.18 Å². The van der Waals surface area contributed by atoms with Crippen LogP contribution in [0, 0.1) is 17.1 Å². The molecule has 1 heterocycles. The van der Waals surface area contributed by atoms with Gasteiger partial charge in [-0.15, -0.1) is 0 Å². The summed E-state index contributed by atoms with van der Waals surface area (Å²) >= 11 is 0. The summed E-state index contributed by atoms with van der Waals surface area (Å²) in [6, 6.07) is 10.5. The van der Waals surface area contributed by atoms with E-state index in [0.29, 0.717) is 11.1 Å². The number of carbonyl (C=O) groups is 1. The molecule has 1 aromatic heterocycles. The summed E-state index contributed by atoms with van der Waals surface area (Å²) in [5.74, 6) is -1.82. The van der Waals surface area contributed by atoms with Gasteiger partial charge in [-0.3, -0.25) is 9.78 Å². The second kappa shape index (κ2) is 5.19. The van der Waals surface area contributed by atoms with Crippen molar-refractivity contribution in [1.29, 1.82) is 5.26 Å². The van der Waals surface area contributed by atoms with Crippen molar-refractivity contribution in [3.63, 3.8) is 0 Å². The Labute approximate surface area is 104 Å². The van der Waals surface area contributed by atoms with Gasteiger partial charge in [0.25, 0.3) is 0 Å². The maximum atomic E-state index is 13.1. The lowest BCUT2D eigenvalue weighted by Gasteiger charge is -2.08. The Hall–Kier alpha value is -2.54. The first-order chi connectivity index (χ1) is 8.72. The number of pyridine rings is 1. The van der Waals surface area contributed by atoms with Crippen LogP contribution in [0.15, 0.2) is 48.8 Å². The van der Waals surface area contributed by atoms with Crippen LogP contribution in [0.4, 0.5) is 4.39 Å². The van der Waals surface area contributed by atoms with Gasteiger partial charge in [0, 0.05) is 18.0 Å². The van der Waals surface area contributed by atoms with Gasteiger partial charge in [-0.05, 0) is 29.8 Å². The normalized spacial score (nSPS) is 11.6. The highest BCUT2D eigenvalue weighted by Gasteiger charge is 2.21. The monoisotopic (exact) mass is 240 g/mol. The molecule has 0 fully saturated rings. The number of nitriles is 1. The zero-order chi connectivity index (χ0) is 13.0. The minimum absolute atomic E-state index is 0.356. The molecule has 0 amide bonds. The van der Waals surface area contributed by atoms with Gasteiger partial charge in [0.1, 0.15) is 11.7 Å². The molecule has 1 unspecified atom stereocenters. The molecule has 88 valence electrons. The van der Waals surface area contributed by atoms with E-state index in [9.17, 15) is 9.18 Å². The molecule has 4 heteroatoms. The third-order valence-electron chi connectivity index (χ3n) is 2.54. The molecular weight excluding hydrogens is 231 g/mol. The predicted molar refractivity (Wildman–Crippen MR) is 63.3 cm³/mol. The first-order valence-electron chi connectivity index (χ1n) is 5.31. The highest BCUT2D eigenvalue weighted by Crippen LogP contribution is 2.20. The average Bonchev–Trinajstić information content (AvgIpc) is 2.40. The van der Waals surface area contributed by atoms with Gasteiger partial charge < -0.3 is 0 Å². The van der Waals surface area contributed by atoms with Gasteiger partial charge >= 0.3 is 0 Å². The van der Waals surface area contributed by atoms with Gasteiger partial charge in [-0.2, -0.15) is 5.26 Å². The largest absolute Gasteiger partial charge is 0.292 e. The summed E-state index contributed by atoms with van der Waals surface area (Å²) in [6.45, 7) is 0. The van der Waals surface area contributed by atoms with Crippen LogP contribution in [0.5, 0.6) is 0 Å². The van der Waals surface area contributed by atoms with Crippen LogP contribution >= 0.6 is 0 Å². The quantitative estimate of drug-likeness (QED) is 0.775. The number of carbonyl (C=O) groups excluding carboxylic acids is 1. The molecule has 0 saturated carbocycles. The molecule has 0 spiro atoms. The minimum atomic E-state index is -0.997. The Morgan fingerprint density at radius 1 is 1.28 bits per heavy atom. The van der Waals surface area contributed by atoms with Crippen molar-refractivity contribution in [2.24, 2.45) is 0 Å². The Balaban J connectivity index is 2.36. The van der Waals surface area contributed by atoms with E-state index < -0.39 is 11.7 Å². The van der Waals surface area contributed by atoms with Gasteiger partial charge in [0.2, 0.25) is 0 Å². The fraction of sp³-hybridized carbons (Fsp3) is 0.0714. The number of Topliss-reactive ketones (excluding diaryl/α,β-unsaturated/α-hetero) is 1. The zero-order valence-electron chi connectivity index (χ0n) is 9.38. The molecule has 0 N–H and O–H groups in total. The number of hydrogen-bond acceptors (Lipinski definition) is 3. The number of rotatable bonds is 3. The smallest absolute Gasteiger partial charge is 0.184 e. The predicted octanol–water partition coefficient (Wildman–Crippen LogP) is 2.71. The van der Waals surface area contributed by atoms with E-state index >= 15 is 0 Å². The lowest BCUT2D eigenvalue weighted by atomic mass is 9.92. The van der Waals surface area contributed by atoms with E-state index in [1.54, 1.807) is 6.07 Å². The molecule has 18 heavy (non-hydrogen) atoms. The topological polar surface area (TPSA) is 53.8 Å². The van der Waals surface area contributed by atoms with Crippen molar-refractivity contribution >= 4 is 5.78 Å². The van der Waals surface area contributed by atoms with E-state index in [2.05, 4.69) is 4.98 Å². The summed E-state index contributed by atoms with van der Waals surface area (Å²) in [7, 11) is 0. The second-order valence-electron chi connectivity index (χ2n) is 3.72. The standard InChI is InChI=1S/C14H9FN2O/c15-12-3-1-2-11(8-12)13(9-16)14(18)10-4-6-17-7-5-10/h1-8,13H. The maximum absolute atomic E-state index is 13.1. The van der Waals surface area contributed by atoms with Crippen LogP contribution in [0.25, 0.3) is 0 Å². The summed E-state index contributed by atoms with van der Waals surface area (Å²) in [5.41, 5.74) is 0.750. The molecule has 0 aliphatic heterocycles. The van der Waals surface area contributed by atoms with Gasteiger partial charge in [-0.1, -0.05) is 12.1 Å². The molecule has 0 bridgehead atoms. The Kier molecular flexibility index (Phi) is 3.44. The van der Waals surface area contributed by atoms with E-state index in [4.69, 9.17) is 5.26 Å². The number of nitrogens with zero attached hydrogens (tertiary/aromatic N) is 2.